The van der Waals surface area contributed by atoms with Crippen LogP contribution >= 0.6 is 11.8 Å². The molecule has 2 aromatic rings. The van der Waals surface area contributed by atoms with Gasteiger partial charge in [0.1, 0.15) is 6.04 Å². The van der Waals surface area contributed by atoms with E-state index in [1.807, 2.05) is 24.5 Å². The maximum atomic E-state index is 13.6. The molecule has 0 saturated carbocycles. The molecule has 1 amide bonds. The fourth-order valence-corrected chi connectivity index (χ4v) is 5.70. The van der Waals surface area contributed by atoms with Crippen LogP contribution in [0.2, 0.25) is 0 Å². The Morgan fingerprint density at radius 2 is 1.85 bits per heavy atom. The zero-order chi connectivity index (χ0) is 28.0. The third kappa shape index (κ3) is 9.66. The zero-order valence-corrected chi connectivity index (χ0v) is 25.2. The highest BCUT2D eigenvalue weighted by Gasteiger charge is 2.24. The summed E-state index contributed by atoms with van der Waals surface area (Å²) < 4.78 is 4.97. The van der Waals surface area contributed by atoms with Crippen molar-refractivity contribution < 1.29 is 14.3 Å². The smallest absolute Gasteiger partial charge is 0.328 e. The van der Waals surface area contributed by atoms with Gasteiger partial charge in [0.15, 0.2) is 0 Å². The summed E-state index contributed by atoms with van der Waals surface area (Å²) in [5, 5.41) is 2.95. The van der Waals surface area contributed by atoms with Gasteiger partial charge < -0.3 is 15.0 Å². The number of rotatable bonds is 15. The molecule has 39 heavy (non-hydrogen) atoms. The molecule has 3 rings (SSSR count). The molecule has 0 spiro atoms. The van der Waals surface area contributed by atoms with Gasteiger partial charge in [-0.3, -0.25) is 9.69 Å². The maximum Gasteiger partial charge on any atom is 0.328 e. The first-order valence-corrected chi connectivity index (χ1v) is 15.9. The van der Waals surface area contributed by atoms with Crippen molar-refractivity contribution in [3.05, 3.63) is 59.2 Å². The van der Waals surface area contributed by atoms with Gasteiger partial charge in [0.2, 0.25) is 0 Å². The normalized spacial score (nSPS) is 14.8. The highest BCUT2D eigenvalue weighted by atomic mass is 32.2. The number of esters is 1. The first-order valence-electron chi connectivity index (χ1n) is 14.5. The number of amides is 1. The van der Waals surface area contributed by atoms with Gasteiger partial charge in [-0.05, 0) is 98.6 Å². The predicted octanol–water partition coefficient (Wildman–Crippen LogP) is 5.77. The summed E-state index contributed by atoms with van der Waals surface area (Å²) in [6.07, 6.45) is 8.85. The molecule has 0 bridgehead atoms. The minimum Gasteiger partial charge on any atom is -0.467 e. The number of nitrogens with zero attached hydrogens (tertiary/aromatic N) is 2. The molecule has 1 saturated heterocycles. The molecule has 0 aromatic heterocycles. The Morgan fingerprint density at radius 1 is 1.08 bits per heavy atom. The van der Waals surface area contributed by atoms with E-state index in [2.05, 4.69) is 53.2 Å². The topological polar surface area (TPSA) is 61.9 Å². The van der Waals surface area contributed by atoms with E-state index in [0.29, 0.717) is 12.0 Å². The van der Waals surface area contributed by atoms with E-state index >= 15 is 0 Å². The number of likely N-dealkylation sites (tertiary alicyclic amines) is 1. The summed E-state index contributed by atoms with van der Waals surface area (Å²) in [7, 11) is 1.36. The molecule has 1 N–H and O–H groups in total. The van der Waals surface area contributed by atoms with Crippen molar-refractivity contribution in [2.24, 2.45) is 0 Å². The van der Waals surface area contributed by atoms with Crippen LogP contribution in [-0.4, -0.2) is 79.6 Å². The second kappa shape index (κ2) is 16.7. The molecule has 0 radical (unpaired) electrons. The van der Waals surface area contributed by atoms with Gasteiger partial charge in [0.25, 0.3) is 5.91 Å². The fourth-order valence-electron chi connectivity index (χ4n) is 5.22. The third-order valence-corrected chi connectivity index (χ3v) is 8.22. The van der Waals surface area contributed by atoms with Gasteiger partial charge in [-0.15, -0.1) is 0 Å². The molecule has 7 heteroatoms. The Morgan fingerprint density at radius 3 is 2.54 bits per heavy atom. The van der Waals surface area contributed by atoms with Crippen molar-refractivity contribution >= 4 is 23.6 Å². The van der Waals surface area contributed by atoms with Gasteiger partial charge in [-0.2, -0.15) is 11.8 Å². The molecule has 0 aliphatic carbocycles. The van der Waals surface area contributed by atoms with E-state index in [1.165, 1.54) is 57.9 Å². The molecule has 1 fully saturated rings. The second-order valence-corrected chi connectivity index (χ2v) is 11.5. The molecule has 214 valence electrons. The predicted molar refractivity (Wildman–Crippen MR) is 163 cm³/mol. The number of ether oxygens (including phenoxy) is 1. The van der Waals surface area contributed by atoms with Gasteiger partial charge >= 0.3 is 5.97 Å². The summed E-state index contributed by atoms with van der Waals surface area (Å²) >= 11 is 1.64. The van der Waals surface area contributed by atoms with Crippen LogP contribution in [0.15, 0.2) is 42.5 Å². The van der Waals surface area contributed by atoms with Crippen LogP contribution in [-0.2, 0) is 16.1 Å². The quantitative estimate of drug-likeness (QED) is 0.282. The first-order chi connectivity index (χ1) is 19.0. The van der Waals surface area contributed by atoms with Gasteiger partial charge in [0, 0.05) is 25.2 Å². The van der Waals surface area contributed by atoms with Crippen LogP contribution in [0.5, 0.6) is 0 Å². The lowest BCUT2D eigenvalue weighted by molar-refractivity contribution is -0.142. The van der Waals surface area contributed by atoms with Crippen LogP contribution in [0.1, 0.15) is 66.9 Å². The number of hydrogen-bond donors (Lipinski definition) is 1. The Kier molecular flexibility index (Phi) is 13.3. The van der Waals surface area contributed by atoms with E-state index in [9.17, 15) is 9.59 Å². The highest BCUT2D eigenvalue weighted by Crippen LogP contribution is 2.29. The number of carbonyl (C=O) groups excluding carboxylic acids is 2. The Labute approximate surface area is 239 Å². The van der Waals surface area contributed by atoms with Crippen LogP contribution in [0.25, 0.3) is 11.1 Å². The molecule has 1 atom stereocenters. The molecular formula is C32H47N3O3S. The van der Waals surface area contributed by atoms with E-state index in [1.54, 1.807) is 11.8 Å². The highest BCUT2D eigenvalue weighted by molar-refractivity contribution is 7.98. The maximum absolute atomic E-state index is 13.6. The molecule has 1 heterocycles. The van der Waals surface area contributed by atoms with Crippen LogP contribution in [0.3, 0.4) is 0 Å². The number of hydrogen-bond acceptors (Lipinski definition) is 6. The largest absolute Gasteiger partial charge is 0.467 e. The monoisotopic (exact) mass is 553 g/mol. The van der Waals surface area contributed by atoms with Gasteiger partial charge in [-0.25, -0.2) is 4.79 Å². The summed E-state index contributed by atoms with van der Waals surface area (Å²) in [5.41, 5.74) is 4.84. The standard InChI is InChI=1S/C32H47N3O3S/c1-5-6-17-35(21-20-34-18-10-7-11-19-34)24-26-14-15-28(29(23-26)27-13-9-8-12-25(27)2)31(36)33-30(16-22-39-4)32(37)38-3/h8-9,12-15,23,30H,5-7,10-11,16-22,24H2,1-4H3,(H,33,36)/t30-/m0/s1. The number of thioether (sulfide) groups is 1. The number of piperidine rings is 1. The van der Waals surface area contributed by atoms with Crippen molar-refractivity contribution in [1.29, 1.82) is 0 Å². The summed E-state index contributed by atoms with van der Waals surface area (Å²) in [6, 6.07) is 13.7. The number of carbonyl (C=O) groups is 2. The van der Waals surface area contributed by atoms with Gasteiger partial charge in [0.05, 0.1) is 7.11 Å². The van der Waals surface area contributed by atoms with Crippen LogP contribution in [0.4, 0.5) is 0 Å². The van der Waals surface area contributed by atoms with Crippen molar-refractivity contribution in [3.8, 4) is 11.1 Å². The van der Waals surface area contributed by atoms with E-state index < -0.39 is 12.0 Å². The van der Waals surface area contributed by atoms with Crippen molar-refractivity contribution in [2.45, 2.75) is 65.0 Å². The molecule has 1 aliphatic heterocycles. The number of nitrogens with one attached hydrogen (secondary N) is 1. The molecule has 2 aromatic carbocycles. The van der Waals surface area contributed by atoms with E-state index in [4.69, 9.17) is 4.74 Å². The lowest BCUT2D eigenvalue weighted by Gasteiger charge is -2.30. The van der Waals surface area contributed by atoms with Gasteiger partial charge in [-0.1, -0.05) is 50.1 Å². The zero-order valence-electron chi connectivity index (χ0n) is 24.3. The molecule has 1 aliphatic rings. The Hall–Kier alpha value is -2.35. The lowest BCUT2D eigenvalue weighted by atomic mass is 9.93. The minimum absolute atomic E-state index is 0.246. The Bertz CT molecular complexity index is 1050. The third-order valence-electron chi connectivity index (χ3n) is 7.58. The summed E-state index contributed by atoms with van der Waals surface area (Å²) in [6.45, 7) is 10.8. The van der Waals surface area contributed by atoms with E-state index in [-0.39, 0.29) is 5.91 Å². The van der Waals surface area contributed by atoms with Crippen LogP contribution in [0, 0.1) is 6.92 Å². The minimum atomic E-state index is -0.668. The molecule has 0 unspecified atom stereocenters. The van der Waals surface area contributed by atoms with Crippen molar-refractivity contribution in [2.75, 3.05) is 51.8 Å². The lowest BCUT2D eigenvalue weighted by Crippen LogP contribution is -2.42. The first kappa shape index (κ1) is 31.2. The van der Waals surface area contributed by atoms with Crippen molar-refractivity contribution in [1.82, 2.24) is 15.1 Å². The number of unbranched alkanes of at least 4 members (excludes halogenated alkanes) is 1. The average molecular weight is 554 g/mol. The van der Waals surface area contributed by atoms with Crippen molar-refractivity contribution in [3.63, 3.8) is 0 Å². The SMILES string of the molecule is CCCCN(CCN1CCCCC1)Cc1ccc(C(=O)N[C@@H](CCSC)C(=O)OC)c(-c2ccccc2C)c1. The fraction of sp³-hybridized carbons (Fsp3) is 0.562. The summed E-state index contributed by atoms with van der Waals surface area (Å²) in [4.78, 5) is 31.1. The van der Waals surface area contributed by atoms with Crippen LogP contribution < -0.4 is 5.32 Å². The number of methoxy groups -OCH3 is 1. The molecular weight excluding hydrogens is 506 g/mol. The number of benzene rings is 2. The second-order valence-electron chi connectivity index (χ2n) is 10.6. The number of aryl methyl sites for hydroxylation is 1. The summed E-state index contributed by atoms with van der Waals surface area (Å²) in [5.74, 6) is 0.102. The van der Waals surface area contributed by atoms with E-state index in [0.717, 1.165) is 48.6 Å². The Balaban J connectivity index is 1.86. The molecule has 6 nitrogen and oxygen atoms in total. The average Bonchev–Trinajstić information content (AvgIpc) is 2.96.